The number of nitrogens with zero attached hydrogens (tertiary/aromatic N) is 3. The summed E-state index contributed by atoms with van der Waals surface area (Å²) < 4.78 is 1.92. The minimum atomic E-state index is -0.0217. The summed E-state index contributed by atoms with van der Waals surface area (Å²) >= 11 is 1.56. The van der Waals surface area contributed by atoms with Crippen LogP contribution in [0.25, 0.3) is 5.69 Å². The van der Waals surface area contributed by atoms with Crippen LogP contribution in [0.15, 0.2) is 35.7 Å². The monoisotopic (exact) mass is 340 g/mol. The van der Waals surface area contributed by atoms with E-state index in [4.69, 9.17) is 0 Å². The molecule has 0 fully saturated rings. The van der Waals surface area contributed by atoms with Crippen LogP contribution < -0.4 is 5.32 Å². The number of hydrogen-bond acceptors (Lipinski definition) is 4. The van der Waals surface area contributed by atoms with E-state index in [-0.39, 0.29) is 5.91 Å². The summed E-state index contributed by atoms with van der Waals surface area (Å²) in [4.78, 5) is 16.4. The number of carbonyl (C=O) groups is 1. The molecule has 1 amide bonds. The molecule has 0 aliphatic carbocycles. The van der Waals surface area contributed by atoms with Gasteiger partial charge in [-0.25, -0.2) is 9.67 Å². The highest BCUT2D eigenvalue weighted by molar-refractivity contribution is 7.09. The molecule has 0 spiro atoms. The Hall–Kier alpha value is -2.47. The molecule has 0 saturated carbocycles. The van der Waals surface area contributed by atoms with Crippen LogP contribution in [-0.4, -0.2) is 20.7 Å². The van der Waals surface area contributed by atoms with Crippen molar-refractivity contribution in [2.45, 2.75) is 33.7 Å². The van der Waals surface area contributed by atoms with Crippen LogP contribution in [0.3, 0.4) is 0 Å². The average molecular weight is 340 g/mol. The number of rotatable bonds is 5. The van der Waals surface area contributed by atoms with Gasteiger partial charge in [-0.3, -0.25) is 4.79 Å². The molecule has 3 rings (SSSR count). The van der Waals surface area contributed by atoms with Crippen LogP contribution in [0, 0.1) is 20.8 Å². The van der Waals surface area contributed by atoms with E-state index in [1.54, 1.807) is 11.3 Å². The third kappa shape index (κ3) is 3.54. The van der Waals surface area contributed by atoms with Crippen molar-refractivity contribution in [2.75, 3.05) is 0 Å². The van der Waals surface area contributed by atoms with Gasteiger partial charge in [0.15, 0.2) is 0 Å². The topological polar surface area (TPSA) is 59.8 Å². The fraction of sp³-hybridized carbons (Fsp3) is 0.278. The van der Waals surface area contributed by atoms with E-state index in [1.165, 1.54) is 0 Å². The number of amides is 1. The number of carbonyl (C=O) groups excluding carboxylic acids is 1. The fourth-order valence-electron chi connectivity index (χ4n) is 2.65. The van der Waals surface area contributed by atoms with Crippen LogP contribution in [0.1, 0.15) is 27.7 Å². The Kier molecular flexibility index (Phi) is 4.76. The van der Waals surface area contributed by atoms with Gasteiger partial charge in [-0.1, -0.05) is 18.2 Å². The normalized spacial score (nSPS) is 10.8. The third-order valence-corrected chi connectivity index (χ3v) is 4.73. The van der Waals surface area contributed by atoms with E-state index in [0.29, 0.717) is 13.0 Å². The zero-order valence-corrected chi connectivity index (χ0v) is 14.9. The van der Waals surface area contributed by atoms with Gasteiger partial charge in [0.25, 0.3) is 0 Å². The van der Waals surface area contributed by atoms with Crippen LogP contribution in [0.4, 0.5) is 0 Å². The van der Waals surface area contributed by atoms with Crippen LogP contribution >= 0.6 is 11.3 Å². The van der Waals surface area contributed by atoms with Crippen molar-refractivity contribution >= 4 is 17.2 Å². The van der Waals surface area contributed by atoms with Crippen molar-refractivity contribution in [1.82, 2.24) is 20.1 Å². The Morgan fingerprint density at radius 3 is 2.62 bits per heavy atom. The molecule has 0 saturated heterocycles. The Bertz CT molecular complexity index is 851. The molecule has 1 aromatic carbocycles. The van der Waals surface area contributed by atoms with Crippen molar-refractivity contribution < 1.29 is 4.79 Å². The van der Waals surface area contributed by atoms with Gasteiger partial charge < -0.3 is 5.32 Å². The van der Waals surface area contributed by atoms with Gasteiger partial charge in [0, 0.05) is 23.2 Å². The number of para-hydroxylation sites is 1. The molecule has 6 heteroatoms. The highest BCUT2D eigenvalue weighted by Crippen LogP contribution is 2.17. The molecule has 0 aliphatic rings. The Labute approximate surface area is 145 Å². The number of hydrogen-bond donors (Lipinski definition) is 1. The van der Waals surface area contributed by atoms with Crippen LogP contribution in [-0.2, 0) is 17.8 Å². The van der Waals surface area contributed by atoms with E-state index in [1.807, 2.05) is 61.2 Å². The summed E-state index contributed by atoms with van der Waals surface area (Å²) in [6.45, 7) is 6.42. The number of aryl methyl sites for hydroxylation is 2. The van der Waals surface area contributed by atoms with E-state index >= 15 is 0 Å². The standard InChI is InChI=1S/C18H20N4OS/c1-12-17(10-19-18(23)9-15-11-24-14(3)20-15)13(2)22(21-12)16-7-5-4-6-8-16/h4-8,11H,9-10H2,1-3H3,(H,19,23). The lowest BCUT2D eigenvalue weighted by molar-refractivity contribution is -0.120. The highest BCUT2D eigenvalue weighted by Gasteiger charge is 2.14. The van der Waals surface area contributed by atoms with Gasteiger partial charge in [0.1, 0.15) is 0 Å². The summed E-state index contributed by atoms with van der Waals surface area (Å²) in [6, 6.07) is 10.0. The van der Waals surface area contributed by atoms with E-state index in [9.17, 15) is 4.79 Å². The summed E-state index contributed by atoms with van der Waals surface area (Å²) in [5.74, 6) is -0.0217. The SMILES string of the molecule is Cc1nc(CC(=O)NCc2c(C)nn(-c3ccccc3)c2C)cs1. The molecule has 0 aliphatic heterocycles. The van der Waals surface area contributed by atoms with Gasteiger partial charge >= 0.3 is 0 Å². The maximum absolute atomic E-state index is 12.1. The highest BCUT2D eigenvalue weighted by atomic mass is 32.1. The van der Waals surface area contributed by atoms with Crippen molar-refractivity contribution in [3.63, 3.8) is 0 Å². The predicted molar refractivity (Wildman–Crippen MR) is 95.4 cm³/mol. The first kappa shape index (κ1) is 16.4. The Morgan fingerprint density at radius 2 is 1.96 bits per heavy atom. The lowest BCUT2D eigenvalue weighted by Gasteiger charge is -2.06. The average Bonchev–Trinajstić information content (AvgIpc) is 3.10. The largest absolute Gasteiger partial charge is 0.352 e. The lowest BCUT2D eigenvalue weighted by atomic mass is 10.2. The van der Waals surface area contributed by atoms with E-state index < -0.39 is 0 Å². The van der Waals surface area contributed by atoms with Gasteiger partial charge in [0.2, 0.25) is 5.91 Å². The molecule has 24 heavy (non-hydrogen) atoms. The lowest BCUT2D eigenvalue weighted by Crippen LogP contribution is -2.25. The zero-order chi connectivity index (χ0) is 17.1. The molecule has 1 N–H and O–H groups in total. The molecule has 2 aromatic heterocycles. The molecule has 5 nitrogen and oxygen atoms in total. The molecular formula is C18H20N4OS. The van der Waals surface area contributed by atoms with Crippen molar-refractivity contribution in [3.8, 4) is 5.69 Å². The first-order valence-corrected chi connectivity index (χ1v) is 8.71. The van der Waals surface area contributed by atoms with Crippen LogP contribution in [0.2, 0.25) is 0 Å². The molecule has 3 aromatic rings. The molecule has 0 radical (unpaired) electrons. The van der Waals surface area contributed by atoms with Gasteiger partial charge in [-0.2, -0.15) is 5.10 Å². The Morgan fingerprint density at radius 1 is 1.21 bits per heavy atom. The van der Waals surface area contributed by atoms with Gasteiger partial charge in [-0.15, -0.1) is 11.3 Å². The smallest absolute Gasteiger partial charge is 0.226 e. The maximum Gasteiger partial charge on any atom is 0.226 e. The van der Waals surface area contributed by atoms with Crippen molar-refractivity contribution in [1.29, 1.82) is 0 Å². The molecule has 0 unspecified atom stereocenters. The third-order valence-electron chi connectivity index (χ3n) is 3.91. The van der Waals surface area contributed by atoms with E-state index in [2.05, 4.69) is 15.4 Å². The second kappa shape index (κ2) is 6.97. The first-order chi connectivity index (χ1) is 11.5. The summed E-state index contributed by atoms with van der Waals surface area (Å²) in [7, 11) is 0. The summed E-state index contributed by atoms with van der Waals surface area (Å²) in [6.07, 6.45) is 0.315. The first-order valence-electron chi connectivity index (χ1n) is 7.83. The van der Waals surface area contributed by atoms with Crippen molar-refractivity contribution in [2.24, 2.45) is 0 Å². The molecule has 0 atom stereocenters. The maximum atomic E-state index is 12.1. The summed E-state index contributed by atoms with van der Waals surface area (Å²) in [5.41, 5.74) is 4.88. The molecule has 0 bridgehead atoms. The van der Waals surface area contributed by atoms with Gasteiger partial charge in [0.05, 0.1) is 28.5 Å². The van der Waals surface area contributed by atoms with Gasteiger partial charge in [-0.05, 0) is 32.9 Å². The fourth-order valence-corrected chi connectivity index (χ4v) is 3.27. The predicted octanol–water partition coefficient (Wildman–Crippen LogP) is 3.11. The van der Waals surface area contributed by atoms with Crippen molar-refractivity contribution in [3.05, 3.63) is 63.4 Å². The number of aromatic nitrogens is 3. The second-order valence-electron chi connectivity index (χ2n) is 5.71. The number of thiazole rings is 1. The minimum Gasteiger partial charge on any atom is -0.352 e. The molecule has 2 heterocycles. The molecular weight excluding hydrogens is 320 g/mol. The Balaban J connectivity index is 1.69. The second-order valence-corrected chi connectivity index (χ2v) is 6.77. The molecule has 124 valence electrons. The van der Waals surface area contributed by atoms with Crippen LogP contribution in [0.5, 0.6) is 0 Å². The minimum absolute atomic E-state index is 0.0217. The summed E-state index contributed by atoms with van der Waals surface area (Å²) in [5, 5.41) is 10.5. The van der Waals surface area contributed by atoms with E-state index in [0.717, 1.165) is 33.3 Å². The quantitative estimate of drug-likeness (QED) is 0.776. The number of nitrogens with one attached hydrogen (secondary N) is 1. The zero-order valence-electron chi connectivity index (χ0n) is 14.0. The number of benzene rings is 1.